The Hall–Kier alpha value is -0.530. The van der Waals surface area contributed by atoms with E-state index in [1.807, 2.05) is 6.92 Å². The number of carbonyl (C=O) groups excluding carboxylic acids is 1. The van der Waals surface area contributed by atoms with E-state index in [0.717, 1.165) is 30.6 Å². The van der Waals surface area contributed by atoms with E-state index in [2.05, 4.69) is 6.92 Å². The lowest BCUT2D eigenvalue weighted by Gasteiger charge is -2.37. The Labute approximate surface area is 150 Å². The van der Waals surface area contributed by atoms with Crippen LogP contribution in [-0.2, 0) is 9.53 Å². The van der Waals surface area contributed by atoms with Crippen LogP contribution in [0.3, 0.4) is 0 Å². The highest BCUT2D eigenvalue weighted by molar-refractivity contribution is 5.72. The molecule has 0 aromatic carbocycles. The van der Waals surface area contributed by atoms with Crippen molar-refractivity contribution in [2.75, 3.05) is 6.61 Å². The smallest absolute Gasteiger partial charge is 0.308 e. The number of carbonyl (C=O) groups is 1. The van der Waals surface area contributed by atoms with Crippen LogP contribution in [0.4, 0.5) is 0 Å². The zero-order valence-electron chi connectivity index (χ0n) is 16.2. The molecule has 24 heavy (non-hydrogen) atoms. The topological polar surface area (TPSA) is 26.3 Å². The van der Waals surface area contributed by atoms with Gasteiger partial charge in [0.15, 0.2) is 0 Å². The predicted molar refractivity (Wildman–Crippen MR) is 101 cm³/mol. The van der Waals surface area contributed by atoms with E-state index in [1.165, 1.54) is 77.0 Å². The third-order valence-electron chi connectivity index (χ3n) is 6.67. The van der Waals surface area contributed by atoms with Gasteiger partial charge in [-0.2, -0.15) is 0 Å². The molecule has 2 heteroatoms. The fourth-order valence-corrected chi connectivity index (χ4v) is 5.07. The number of esters is 1. The largest absolute Gasteiger partial charge is 0.466 e. The van der Waals surface area contributed by atoms with E-state index in [4.69, 9.17) is 4.74 Å². The average Bonchev–Trinajstić information content (AvgIpc) is 2.62. The molecule has 2 aliphatic carbocycles. The summed E-state index contributed by atoms with van der Waals surface area (Å²) < 4.78 is 5.20. The minimum absolute atomic E-state index is 0.0581. The van der Waals surface area contributed by atoms with Crippen LogP contribution in [0, 0.1) is 23.7 Å². The van der Waals surface area contributed by atoms with Gasteiger partial charge < -0.3 is 4.74 Å². The lowest BCUT2D eigenvalue weighted by Crippen LogP contribution is -2.29. The second-order valence-electron chi connectivity index (χ2n) is 8.35. The van der Waals surface area contributed by atoms with Crippen LogP contribution in [0.2, 0.25) is 0 Å². The Morgan fingerprint density at radius 3 is 1.96 bits per heavy atom. The quantitative estimate of drug-likeness (QED) is 0.354. The molecule has 2 rings (SSSR count). The van der Waals surface area contributed by atoms with Gasteiger partial charge in [-0.15, -0.1) is 0 Å². The Balaban J connectivity index is 1.59. The molecule has 2 nitrogen and oxygen atoms in total. The summed E-state index contributed by atoms with van der Waals surface area (Å²) in [6.07, 6.45) is 19.1. The summed E-state index contributed by atoms with van der Waals surface area (Å²) in [5.74, 6) is 3.10. The first-order valence-electron chi connectivity index (χ1n) is 10.9. The maximum absolute atomic E-state index is 11.9. The maximum atomic E-state index is 11.9. The second kappa shape index (κ2) is 11.2. The first-order valence-corrected chi connectivity index (χ1v) is 10.9. The standard InChI is InChI=1S/C22H40O2/c1-3-5-6-7-8-9-18-10-12-19(13-11-18)20-14-16-21(17-15-20)22(23)24-4-2/h18-21H,3-17H2,1-2H3. The van der Waals surface area contributed by atoms with Gasteiger partial charge in [0.2, 0.25) is 0 Å². The average molecular weight is 337 g/mol. The van der Waals surface area contributed by atoms with Crippen LogP contribution >= 0.6 is 0 Å². The van der Waals surface area contributed by atoms with Crippen LogP contribution in [-0.4, -0.2) is 12.6 Å². The molecule has 140 valence electrons. The fraction of sp³-hybridized carbons (Fsp3) is 0.955. The van der Waals surface area contributed by atoms with Crippen LogP contribution < -0.4 is 0 Å². The number of ether oxygens (including phenoxy) is 1. The molecule has 2 aliphatic rings. The number of unbranched alkanes of at least 4 members (excludes halogenated alkanes) is 4. The summed E-state index contributed by atoms with van der Waals surface area (Å²) in [7, 11) is 0. The molecule has 0 aromatic rings. The molecule has 0 spiro atoms. The third kappa shape index (κ3) is 6.41. The molecule has 0 unspecified atom stereocenters. The monoisotopic (exact) mass is 336 g/mol. The molecule has 0 N–H and O–H groups in total. The van der Waals surface area contributed by atoms with Gasteiger partial charge in [-0.25, -0.2) is 0 Å². The maximum Gasteiger partial charge on any atom is 0.308 e. The van der Waals surface area contributed by atoms with E-state index < -0.39 is 0 Å². The van der Waals surface area contributed by atoms with Crippen molar-refractivity contribution in [2.24, 2.45) is 23.7 Å². The van der Waals surface area contributed by atoms with E-state index in [9.17, 15) is 4.79 Å². The van der Waals surface area contributed by atoms with Gasteiger partial charge in [-0.1, -0.05) is 58.3 Å². The molecule has 0 bridgehead atoms. The van der Waals surface area contributed by atoms with E-state index >= 15 is 0 Å². The predicted octanol–water partition coefficient (Wildman–Crippen LogP) is 6.52. The normalized spacial score (nSPS) is 30.9. The number of hydrogen-bond donors (Lipinski definition) is 0. The van der Waals surface area contributed by atoms with Gasteiger partial charge in [-0.05, 0) is 63.2 Å². The van der Waals surface area contributed by atoms with Gasteiger partial charge in [-0.3, -0.25) is 4.79 Å². The Bertz CT molecular complexity index is 336. The SMILES string of the molecule is CCCCCCCC1CCC(C2CCC(C(=O)OCC)CC2)CC1. The van der Waals surface area contributed by atoms with Gasteiger partial charge in [0.05, 0.1) is 12.5 Å². The molecule has 2 fully saturated rings. The molecule has 0 aliphatic heterocycles. The molecule has 2 saturated carbocycles. The van der Waals surface area contributed by atoms with Crippen molar-refractivity contribution < 1.29 is 9.53 Å². The Morgan fingerprint density at radius 1 is 0.792 bits per heavy atom. The summed E-state index contributed by atoms with van der Waals surface area (Å²) in [4.78, 5) is 11.9. The van der Waals surface area contributed by atoms with Gasteiger partial charge >= 0.3 is 5.97 Å². The fourth-order valence-electron chi connectivity index (χ4n) is 5.07. The summed E-state index contributed by atoms with van der Waals surface area (Å²) in [5, 5.41) is 0. The molecule has 0 aromatic heterocycles. The molecule has 0 heterocycles. The van der Waals surface area contributed by atoms with Crippen LogP contribution in [0.15, 0.2) is 0 Å². The van der Waals surface area contributed by atoms with Crippen molar-refractivity contribution in [3.63, 3.8) is 0 Å². The number of rotatable bonds is 9. The summed E-state index contributed by atoms with van der Waals surface area (Å²) in [6.45, 7) is 4.73. The molecule has 0 saturated heterocycles. The van der Waals surface area contributed by atoms with Crippen molar-refractivity contribution in [1.29, 1.82) is 0 Å². The molecule has 0 amide bonds. The lowest BCUT2D eigenvalue weighted by molar-refractivity contribution is -0.149. The first kappa shape index (κ1) is 19.8. The van der Waals surface area contributed by atoms with Crippen molar-refractivity contribution in [2.45, 2.75) is 104 Å². The van der Waals surface area contributed by atoms with Crippen LogP contribution in [0.25, 0.3) is 0 Å². The lowest BCUT2D eigenvalue weighted by atomic mass is 9.68. The minimum atomic E-state index is 0.0581. The van der Waals surface area contributed by atoms with Crippen molar-refractivity contribution in [3.8, 4) is 0 Å². The highest BCUT2D eigenvalue weighted by atomic mass is 16.5. The molecule has 0 radical (unpaired) electrons. The molecule has 0 atom stereocenters. The van der Waals surface area contributed by atoms with Gasteiger partial charge in [0.25, 0.3) is 0 Å². The van der Waals surface area contributed by atoms with Gasteiger partial charge in [0, 0.05) is 0 Å². The van der Waals surface area contributed by atoms with Crippen LogP contribution in [0.1, 0.15) is 104 Å². The molecular weight excluding hydrogens is 296 g/mol. The first-order chi connectivity index (χ1) is 11.7. The minimum Gasteiger partial charge on any atom is -0.466 e. The van der Waals surface area contributed by atoms with Crippen LogP contribution in [0.5, 0.6) is 0 Å². The van der Waals surface area contributed by atoms with E-state index in [0.29, 0.717) is 6.61 Å². The summed E-state index contributed by atoms with van der Waals surface area (Å²) in [6, 6.07) is 0. The highest BCUT2D eigenvalue weighted by Gasteiger charge is 2.33. The second-order valence-corrected chi connectivity index (χ2v) is 8.35. The molecular formula is C22H40O2. The number of hydrogen-bond acceptors (Lipinski definition) is 2. The summed E-state index contributed by atoms with van der Waals surface area (Å²) >= 11 is 0. The zero-order valence-corrected chi connectivity index (χ0v) is 16.2. The Morgan fingerprint density at radius 2 is 1.38 bits per heavy atom. The highest BCUT2D eigenvalue weighted by Crippen LogP contribution is 2.42. The van der Waals surface area contributed by atoms with E-state index in [1.54, 1.807) is 0 Å². The summed E-state index contributed by atoms with van der Waals surface area (Å²) in [5.41, 5.74) is 0. The third-order valence-corrected chi connectivity index (χ3v) is 6.67. The van der Waals surface area contributed by atoms with Crippen molar-refractivity contribution in [3.05, 3.63) is 0 Å². The van der Waals surface area contributed by atoms with Crippen molar-refractivity contribution in [1.82, 2.24) is 0 Å². The van der Waals surface area contributed by atoms with Crippen molar-refractivity contribution >= 4 is 5.97 Å². The van der Waals surface area contributed by atoms with E-state index in [-0.39, 0.29) is 11.9 Å². The zero-order chi connectivity index (χ0) is 17.2. The van der Waals surface area contributed by atoms with Gasteiger partial charge in [0.1, 0.15) is 0 Å². The Kier molecular flexibility index (Phi) is 9.20.